The summed E-state index contributed by atoms with van der Waals surface area (Å²) in [4.78, 5) is 15.1. The Morgan fingerprint density at radius 3 is 2.67 bits per heavy atom. The molecule has 1 aliphatic heterocycles. The molecule has 0 unspecified atom stereocenters. The van der Waals surface area contributed by atoms with Crippen LogP contribution in [0.5, 0.6) is 0 Å². The largest absolute Gasteiger partial charge is 0.343 e. The van der Waals surface area contributed by atoms with E-state index in [1.54, 1.807) is 6.20 Å². The third-order valence-corrected chi connectivity index (χ3v) is 5.30. The lowest BCUT2D eigenvalue weighted by Gasteiger charge is -2.39. The zero-order valence-corrected chi connectivity index (χ0v) is 15.5. The van der Waals surface area contributed by atoms with E-state index in [0.29, 0.717) is 6.54 Å². The molecule has 128 valence electrons. The average molecular weight is 391 g/mol. The number of benzene rings is 1. The van der Waals surface area contributed by atoms with Crippen molar-refractivity contribution in [3.8, 4) is 0 Å². The molecule has 24 heavy (non-hydrogen) atoms. The molecule has 0 bridgehead atoms. The summed E-state index contributed by atoms with van der Waals surface area (Å²) in [5.74, 6) is 0.157. The van der Waals surface area contributed by atoms with Gasteiger partial charge in [0.05, 0.1) is 0 Å². The molecular formula is C18H23BrN4O. The van der Waals surface area contributed by atoms with Crippen LogP contribution in [0.3, 0.4) is 0 Å². The van der Waals surface area contributed by atoms with Crippen molar-refractivity contribution in [1.82, 2.24) is 20.0 Å². The molecule has 0 radical (unpaired) electrons. The lowest BCUT2D eigenvalue weighted by Crippen LogP contribution is -2.55. The molecule has 1 aromatic heterocycles. The predicted octanol–water partition coefficient (Wildman–Crippen LogP) is 2.43. The Bertz CT molecular complexity index is 663. The molecule has 0 spiro atoms. The Balaban J connectivity index is 1.71. The van der Waals surface area contributed by atoms with Crippen molar-refractivity contribution in [3.05, 3.63) is 52.8 Å². The Morgan fingerprint density at radius 2 is 2.04 bits per heavy atom. The van der Waals surface area contributed by atoms with E-state index < -0.39 is 5.54 Å². The summed E-state index contributed by atoms with van der Waals surface area (Å²) < 4.78 is 2.93. The summed E-state index contributed by atoms with van der Waals surface area (Å²) in [6.07, 6.45) is 6.06. The second kappa shape index (κ2) is 7.49. The van der Waals surface area contributed by atoms with E-state index in [4.69, 9.17) is 0 Å². The summed E-state index contributed by atoms with van der Waals surface area (Å²) >= 11 is 3.45. The predicted molar refractivity (Wildman–Crippen MR) is 97.8 cm³/mol. The lowest BCUT2D eigenvalue weighted by molar-refractivity contribution is -0.141. The summed E-state index contributed by atoms with van der Waals surface area (Å²) in [6.45, 7) is 2.38. The average Bonchev–Trinajstić information content (AvgIpc) is 3.16. The molecule has 2 aromatic rings. The van der Waals surface area contributed by atoms with E-state index in [1.165, 1.54) is 5.56 Å². The maximum atomic E-state index is 13.2. The number of aromatic nitrogens is 2. The van der Waals surface area contributed by atoms with Gasteiger partial charge in [0.15, 0.2) is 0 Å². The van der Waals surface area contributed by atoms with Gasteiger partial charge in [-0.3, -0.25) is 9.48 Å². The number of likely N-dealkylation sites (N-methyl/N-ethyl adjacent to an activating group) is 1. The van der Waals surface area contributed by atoms with Crippen LogP contribution in [-0.2, 0) is 16.8 Å². The summed E-state index contributed by atoms with van der Waals surface area (Å²) in [7, 11) is 1.90. The molecular weight excluding hydrogens is 368 g/mol. The third-order valence-electron chi connectivity index (χ3n) is 4.77. The van der Waals surface area contributed by atoms with E-state index >= 15 is 0 Å². The number of carbonyl (C=O) groups excluding carboxylic acids is 1. The van der Waals surface area contributed by atoms with Crippen LogP contribution >= 0.6 is 15.9 Å². The van der Waals surface area contributed by atoms with Crippen molar-refractivity contribution in [2.24, 2.45) is 0 Å². The maximum absolute atomic E-state index is 13.2. The molecule has 1 saturated heterocycles. The quantitative estimate of drug-likeness (QED) is 0.852. The first-order valence-corrected chi connectivity index (χ1v) is 9.12. The molecule has 0 aliphatic carbocycles. The topological polar surface area (TPSA) is 50.2 Å². The molecule has 2 heterocycles. The minimum atomic E-state index is -0.552. The molecule has 3 rings (SSSR count). The minimum absolute atomic E-state index is 0.157. The number of rotatable bonds is 5. The zero-order valence-electron chi connectivity index (χ0n) is 13.9. The zero-order chi connectivity index (χ0) is 17.0. The van der Waals surface area contributed by atoms with Crippen molar-refractivity contribution in [2.75, 3.05) is 26.7 Å². The Labute approximate surface area is 151 Å². The van der Waals surface area contributed by atoms with E-state index in [9.17, 15) is 4.79 Å². The van der Waals surface area contributed by atoms with Gasteiger partial charge in [-0.05, 0) is 56.1 Å². The van der Waals surface area contributed by atoms with Crippen molar-refractivity contribution in [3.63, 3.8) is 0 Å². The van der Waals surface area contributed by atoms with Crippen LogP contribution < -0.4 is 5.32 Å². The first-order chi connectivity index (χ1) is 11.6. The Hall–Kier alpha value is -1.66. The first kappa shape index (κ1) is 17.2. The van der Waals surface area contributed by atoms with Crippen LogP contribution in [0.15, 0.2) is 47.2 Å². The fraction of sp³-hybridized carbons (Fsp3) is 0.444. The van der Waals surface area contributed by atoms with Gasteiger partial charge in [0.1, 0.15) is 5.54 Å². The first-order valence-electron chi connectivity index (χ1n) is 8.33. The molecule has 0 saturated carbocycles. The van der Waals surface area contributed by atoms with Crippen LogP contribution in [0.4, 0.5) is 0 Å². The summed E-state index contributed by atoms with van der Waals surface area (Å²) in [6, 6.07) is 10.1. The minimum Gasteiger partial charge on any atom is -0.343 e. The number of amides is 1. The highest BCUT2D eigenvalue weighted by molar-refractivity contribution is 9.10. The van der Waals surface area contributed by atoms with Gasteiger partial charge in [0, 0.05) is 30.5 Å². The van der Waals surface area contributed by atoms with Crippen molar-refractivity contribution < 1.29 is 4.79 Å². The summed E-state index contributed by atoms with van der Waals surface area (Å²) in [5.41, 5.74) is 0.680. The van der Waals surface area contributed by atoms with Gasteiger partial charge in [-0.1, -0.05) is 28.1 Å². The van der Waals surface area contributed by atoms with E-state index in [2.05, 4.69) is 38.5 Å². The van der Waals surface area contributed by atoms with Gasteiger partial charge < -0.3 is 10.2 Å². The Kier molecular flexibility index (Phi) is 5.36. The van der Waals surface area contributed by atoms with Gasteiger partial charge in [-0.15, -0.1) is 0 Å². The van der Waals surface area contributed by atoms with Gasteiger partial charge in [-0.25, -0.2) is 0 Å². The van der Waals surface area contributed by atoms with E-state index in [0.717, 1.165) is 36.8 Å². The van der Waals surface area contributed by atoms with Crippen molar-refractivity contribution in [1.29, 1.82) is 0 Å². The second-order valence-electron chi connectivity index (χ2n) is 6.34. The molecule has 1 fully saturated rings. The van der Waals surface area contributed by atoms with Crippen LogP contribution in [0, 0.1) is 0 Å². The smallest absolute Gasteiger partial charge is 0.250 e. The van der Waals surface area contributed by atoms with Crippen molar-refractivity contribution in [2.45, 2.75) is 24.8 Å². The molecule has 1 N–H and O–H groups in total. The Morgan fingerprint density at radius 1 is 1.33 bits per heavy atom. The number of hydrogen-bond donors (Lipinski definition) is 1. The molecule has 1 aromatic carbocycles. The van der Waals surface area contributed by atoms with Gasteiger partial charge in [0.2, 0.25) is 5.91 Å². The van der Waals surface area contributed by atoms with Crippen LogP contribution in [-0.4, -0.2) is 47.3 Å². The van der Waals surface area contributed by atoms with Gasteiger partial charge >= 0.3 is 0 Å². The SMILES string of the molecule is CN(CCc1ccc(Br)cc1)C(=O)C1(n2cccn2)CCNCC1. The van der Waals surface area contributed by atoms with Crippen LogP contribution in [0.25, 0.3) is 0 Å². The van der Waals surface area contributed by atoms with Gasteiger partial charge in [-0.2, -0.15) is 5.10 Å². The number of nitrogens with zero attached hydrogens (tertiary/aromatic N) is 3. The lowest BCUT2D eigenvalue weighted by atomic mass is 9.87. The van der Waals surface area contributed by atoms with Crippen molar-refractivity contribution >= 4 is 21.8 Å². The standard InChI is InChI=1S/C18H23BrN4O/c1-22(14-7-15-3-5-16(19)6-4-15)17(24)18(8-11-20-12-9-18)23-13-2-10-21-23/h2-6,10,13,20H,7-9,11-12,14H2,1H3. The number of carbonyl (C=O) groups is 1. The number of halogens is 1. The molecule has 1 amide bonds. The van der Waals surface area contributed by atoms with Gasteiger partial charge in [0.25, 0.3) is 0 Å². The molecule has 1 aliphatic rings. The normalized spacial score (nSPS) is 16.8. The number of nitrogens with one attached hydrogen (secondary N) is 1. The fourth-order valence-corrected chi connectivity index (χ4v) is 3.57. The van der Waals surface area contributed by atoms with E-state index in [-0.39, 0.29) is 5.91 Å². The molecule has 6 heteroatoms. The molecule has 0 atom stereocenters. The second-order valence-corrected chi connectivity index (χ2v) is 7.25. The third kappa shape index (κ3) is 3.54. The monoisotopic (exact) mass is 390 g/mol. The molecule has 5 nitrogen and oxygen atoms in total. The number of hydrogen-bond acceptors (Lipinski definition) is 3. The number of piperidine rings is 1. The van der Waals surface area contributed by atoms with Crippen LogP contribution in [0.2, 0.25) is 0 Å². The summed E-state index contributed by atoms with van der Waals surface area (Å²) in [5, 5.41) is 7.72. The fourth-order valence-electron chi connectivity index (χ4n) is 3.31. The highest BCUT2D eigenvalue weighted by Crippen LogP contribution is 2.29. The highest BCUT2D eigenvalue weighted by Gasteiger charge is 2.43. The van der Waals surface area contributed by atoms with Crippen LogP contribution in [0.1, 0.15) is 18.4 Å². The van der Waals surface area contributed by atoms with E-state index in [1.807, 2.05) is 41.0 Å². The maximum Gasteiger partial charge on any atom is 0.250 e. The highest BCUT2D eigenvalue weighted by atomic mass is 79.9.